The number of hydrogen-bond donors (Lipinski definition) is 0. The summed E-state index contributed by atoms with van der Waals surface area (Å²) in [5, 5.41) is 2.91. The highest BCUT2D eigenvalue weighted by Gasteiger charge is 2.47. The zero-order valence-corrected chi connectivity index (χ0v) is 14.0. The van der Waals surface area contributed by atoms with Crippen LogP contribution in [-0.4, -0.2) is 24.7 Å². The third-order valence-electron chi connectivity index (χ3n) is 4.71. The van der Waals surface area contributed by atoms with Crippen molar-refractivity contribution in [2.45, 2.75) is 12.5 Å². The Hall–Kier alpha value is -2.46. The summed E-state index contributed by atoms with van der Waals surface area (Å²) in [4.78, 5) is 8.91. The number of aromatic nitrogens is 2. The van der Waals surface area contributed by atoms with E-state index in [9.17, 15) is 0 Å². The normalized spacial score (nSPS) is 16.4. The molecule has 1 aliphatic heterocycles. The quantitative estimate of drug-likeness (QED) is 0.695. The van der Waals surface area contributed by atoms with Gasteiger partial charge >= 0.3 is 0 Å². The van der Waals surface area contributed by atoms with E-state index in [0.29, 0.717) is 0 Å². The van der Waals surface area contributed by atoms with E-state index in [0.717, 1.165) is 12.4 Å². The van der Waals surface area contributed by atoms with Gasteiger partial charge in [-0.15, -0.1) is 0 Å². The molecule has 0 atom stereocenters. The predicted octanol–water partition coefficient (Wildman–Crippen LogP) is 2.45. The van der Waals surface area contributed by atoms with Gasteiger partial charge in [-0.25, -0.2) is 4.98 Å². The smallest absolute Gasteiger partial charge is 0.221 e. The van der Waals surface area contributed by atoms with Crippen molar-refractivity contribution in [3.8, 4) is 0 Å². The average molecular weight is 317 g/mol. The standard InChI is InChI=1S/C19H19N3Si/c1-3-8-17(9-4-1)23(18-10-5-2-6-11-18)15-7-14-22(23)19-16-20-12-13-21-19/h1-6,8-13,16H,7,14-15H2. The van der Waals surface area contributed by atoms with Crippen molar-refractivity contribution in [3.05, 3.63) is 79.3 Å². The van der Waals surface area contributed by atoms with Crippen molar-refractivity contribution in [2.24, 2.45) is 0 Å². The fourth-order valence-corrected chi connectivity index (χ4v) is 8.76. The highest BCUT2D eigenvalue weighted by Crippen LogP contribution is 2.29. The van der Waals surface area contributed by atoms with E-state index in [1.54, 1.807) is 12.4 Å². The molecule has 1 fully saturated rings. The molecule has 1 aromatic heterocycles. The summed E-state index contributed by atoms with van der Waals surface area (Å²) in [5.74, 6) is 1.00. The molecule has 0 amide bonds. The monoisotopic (exact) mass is 317 g/mol. The van der Waals surface area contributed by atoms with E-state index < -0.39 is 8.24 Å². The lowest BCUT2D eigenvalue weighted by molar-refractivity contribution is 0.959. The molecule has 4 heteroatoms. The van der Waals surface area contributed by atoms with Crippen LogP contribution >= 0.6 is 0 Å². The first kappa shape index (κ1) is 14.1. The number of anilines is 1. The third-order valence-corrected chi connectivity index (χ3v) is 9.74. The highest BCUT2D eigenvalue weighted by molar-refractivity contribution is 7.05. The number of nitrogens with zero attached hydrogens (tertiary/aromatic N) is 3. The van der Waals surface area contributed by atoms with Crippen LogP contribution in [0.4, 0.5) is 5.82 Å². The zero-order chi connectivity index (χ0) is 15.5. The lowest BCUT2D eigenvalue weighted by atomic mass is 10.4. The Morgan fingerprint density at radius 1 is 0.826 bits per heavy atom. The lowest BCUT2D eigenvalue weighted by Gasteiger charge is -2.38. The van der Waals surface area contributed by atoms with Crippen LogP contribution in [0.3, 0.4) is 0 Å². The first-order valence-electron chi connectivity index (χ1n) is 8.06. The lowest BCUT2D eigenvalue weighted by Crippen LogP contribution is -2.67. The molecule has 0 bridgehead atoms. The summed E-state index contributed by atoms with van der Waals surface area (Å²) in [6.07, 6.45) is 6.64. The Bertz CT molecular complexity index is 723. The molecule has 3 nitrogen and oxygen atoms in total. The SMILES string of the molecule is c1ccc([Si]2(c3ccccc3)CCCN2c2cnccn2)cc1. The molecule has 0 saturated carbocycles. The minimum atomic E-state index is -2.02. The molecule has 0 N–H and O–H groups in total. The van der Waals surface area contributed by atoms with E-state index >= 15 is 0 Å². The van der Waals surface area contributed by atoms with Crippen molar-refractivity contribution in [3.63, 3.8) is 0 Å². The largest absolute Gasteiger partial charge is 0.373 e. The van der Waals surface area contributed by atoms with Gasteiger partial charge in [0, 0.05) is 18.9 Å². The first-order chi connectivity index (χ1) is 11.4. The first-order valence-corrected chi connectivity index (χ1v) is 10.2. The van der Waals surface area contributed by atoms with Gasteiger partial charge in [-0.05, 0) is 22.8 Å². The van der Waals surface area contributed by atoms with Gasteiger partial charge in [-0.3, -0.25) is 4.98 Å². The van der Waals surface area contributed by atoms with Gasteiger partial charge in [0.05, 0.1) is 6.20 Å². The van der Waals surface area contributed by atoms with Gasteiger partial charge < -0.3 is 4.57 Å². The topological polar surface area (TPSA) is 29.0 Å². The van der Waals surface area contributed by atoms with Gasteiger partial charge in [-0.1, -0.05) is 60.7 Å². The van der Waals surface area contributed by atoms with E-state index in [2.05, 4.69) is 75.2 Å². The summed E-state index contributed by atoms with van der Waals surface area (Å²) < 4.78 is 2.55. The second kappa shape index (κ2) is 5.97. The van der Waals surface area contributed by atoms with Crippen molar-refractivity contribution < 1.29 is 0 Å². The fraction of sp³-hybridized carbons (Fsp3) is 0.158. The molecule has 2 aromatic carbocycles. The van der Waals surface area contributed by atoms with E-state index in [-0.39, 0.29) is 0 Å². The molecule has 114 valence electrons. The Labute approximate surface area is 137 Å². The van der Waals surface area contributed by atoms with E-state index in [4.69, 9.17) is 0 Å². The molecule has 0 spiro atoms. The summed E-state index contributed by atoms with van der Waals surface area (Å²) in [6, 6.07) is 23.2. The van der Waals surface area contributed by atoms with Crippen LogP contribution in [0.1, 0.15) is 6.42 Å². The summed E-state index contributed by atoms with van der Waals surface area (Å²) >= 11 is 0. The van der Waals surface area contributed by atoms with E-state index in [1.807, 2.05) is 6.20 Å². The summed E-state index contributed by atoms with van der Waals surface area (Å²) in [5.41, 5.74) is 0. The number of rotatable bonds is 3. The van der Waals surface area contributed by atoms with Crippen LogP contribution in [-0.2, 0) is 0 Å². The predicted molar refractivity (Wildman–Crippen MR) is 96.7 cm³/mol. The van der Waals surface area contributed by atoms with Crippen LogP contribution in [0.2, 0.25) is 6.04 Å². The van der Waals surface area contributed by atoms with Gasteiger partial charge in [0.25, 0.3) is 0 Å². The maximum Gasteiger partial charge on any atom is 0.221 e. The molecular weight excluding hydrogens is 298 g/mol. The van der Waals surface area contributed by atoms with Crippen LogP contribution < -0.4 is 14.9 Å². The minimum absolute atomic E-state index is 1.00. The van der Waals surface area contributed by atoms with Gasteiger partial charge in [0.1, 0.15) is 5.82 Å². The third kappa shape index (κ3) is 2.35. The number of hydrogen-bond acceptors (Lipinski definition) is 3. The molecule has 4 rings (SSSR count). The van der Waals surface area contributed by atoms with Crippen LogP contribution in [0, 0.1) is 0 Å². The van der Waals surface area contributed by atoms with Crippen LogP contribution in [0.5, 0.6) is 0 Å². The Kier molecular flexibility index (Phi) is 3.67. The van der Waals surface area contributed by atoms with Gasteiger partial charge in [0.2, 0.25) is 8.24 Å². The maximum atomic E-state index is 4.61. The minimum Gasteiger partial charge on any atom is -0.373 e. The summed E-state index contributed by atoms with van der Waals surface area (Å²) in [7, 11) is -2.02. The average Bonchev–Trinajstić information content (AvgIpc) is 3.10. The molecule has 1 aliphatic rings. The Morgan fingerprint density at radius 3 is 2.04 bits per heavy atom. The summed E-state index contributed by atoms with van der Waals surface area (Å²) in [6.45, 7) is 1.05. The Balaban J connectivity index is 1.93. The van der Waals surface area contributed by atoms with Crippen molar-refractivity contribution in [2.75, 3.05) is 11.1 Å². The zero-order valence-electron chi connectivity index (χ0n) is 13.0. The molecule has 23 heavy (non-hydrogen) atoms. The van der Waals surface area contributed by atoms with Crippen LogP contribution in [0.25, 0.3) is 0 Å². The molecule has 0 radical (unpaired) electrons. The molecule has 2 heterocycles. The van der Waals surface area contributed by atoms with Gasteiger partial charge in [-0.2, -0.15) is 0 Å². The molecule has 1 saturated heterocycles. The molecule has 0 aliphatic carbocycles. The van der Waals surface area contributed by atoms with E-state index in [1.165, 1.54) is 22.8 Å². The molecular formula is C19H19N3Si. The van der Waals surface area contributed by atoms with Crippen molar-refractivity contribution >= 4 is 24.4 Å². The number of benzene rings is 2. The van der Waals surface area contributed by atoms with Crippen LogP contribution in [0.15, 0.2) is 79.3 Å². The maximum absolute atomic E-state index is 4.61. The van der Waals surface area contributed by atoms with Crippen molar-refractivity contribution in [1.82, 2.24) is 9.97 Å². The molecule has 0 unspecified atom stereocenters. The second-order valence-electron chi connectivity index (χ2n) is 5.91. The highest BCUT2D eigenvalue weighted by atomic mass is 28.3. The Morgan fingerprint density at radius 2 is 1.48 bits per heavy atom. The second-order valence-corrected chi connectivity index (χ2v) is 9.83. The fourth-order valence-electron chi connectivity index (χ4n) is 3.75. The molecule has 3 aromatic rings. The van der Waals surface area contributed by atoms with Gasteiger partial charge in [0.15, 0.2) is 0 Å². The van der Waals surface area contributed by atoms with Crippen molar-refractivity contribution in [1.29, 1.82) is 0 Å².